The van der Waals surface area contributed by atoms with Gasteiger partial charge in [0.1, 0.15) is 5.69 Å². The molecule has 1 aromatic rings. The molecule has 0 spiro atoms. The molecule has 19 heavy (non-hydrogen) atoms. The minimum Gasteiger partial charge on any atom is -0.397 e. The Morgan fingerprint density at radius 3 is 2.84 bits per heavy atom. The van der Waals surface area contributed by atoms with Gasteiger partial charge in [-0.25, -0.2) is 0 Å². The molecule has 0 atom stereocenters. The van der Waals surface area contributed by atoms with E-state index in [2.05, 4.69) is 5.32 Å². The summed E-state index contributed by atoms with van der Waals surface area (Å²) in [4.78, 5) is 12.3. The molecule has 0 bridgehead atoms. The van der Waals surface area contributed by atoms with E-state index in [1.165, 1.54) is 0 Å². The molecule has 0 aliphatic carbocycles. The minimum atomic E-state index is -0.576. The molecule has 0 aromatic carbocycles. The number of aliphatic hydroxyl groups excluding tert-OH is 1. The Morgan fingerprint density at radius 1 is 1.58 bits per heavy atom. The molecule has 1 aromatic heterocycles. The number of nitrogens with two attached hydrogens (primary N) is 1. The first-order valence-electron chi connectivity index (χ1n) is 6.57. The van der Waals surface area contributed by atoms with Gasteiger partial charge in [0.15, 0.2) is 0 Å². The summed E-state index contributed by atoms with van der Waals surface area (Å²) in [7, 11) is 0. The molecule has 4 N–H and O–H groups in total. The molecule has 1 saturated heterocycles. The Morgan fingerprint density at radius 2 is 2.26 bits per heavy atom. The van der Waals surface area contributed by atoms with Gasteiger partial charge in [0, 0.05) is 26.0 Å². The molecule has 106 valence electrons. The number of aryl methyl sites for hydroxylation is 1. The number of rotatable bonds is 4. The van der Waals surface area contributed by atoms with Crippen molar-refractivity contribution in [1.82, 2.24) is 9.88 Å². The highest BCUT2D eigenvalue weighted by Crippen LogP contribution is 2.21. The average Bonchev–Trinajstić information content (AvgIpc) is 2.81. The Bertz CT molecular complexity index is 450. The van der Waals surface area contributed by atoms with Crippen LogP contribution in [0.25, 0.3) is 0 Å². The number of ether oxygens (including phenoxy) is 1. The van der Waals surface area contributed by atoms with E-state index in [1.807, 2.05) is 6.92 Å². The summed E-state index contributed by atoms with van der Waals surface area (Å²) in [5.41, 5.74) is 6.24. The second-order valence-corrected chi connectivity index (χ2v) is 4.95. The predicted octanol–water partition coefficient (Wildman–Crippen LogP) is 0.361. The molecular weight excluding hydrogens is 246 g/mol. The highest BCUT2D eigenvalue weighted by molar-refractivity contribution is 5.94. The molecule has 0 saturated carbocycles. The van der Waals surface area contributed by atoms with Crippen LogP contribution in [0.4, 0.5) is 5.69 Å². The van der Waals surface area contributed by atoms with E-state index in [0.29, 0.717) is 44.0 Å². The number of hydrogen-bond donors (Lipinski definition) is 3. The molecule has 6 heteroatoms. The van der Waals surface area contributed by atoms with Gasteiger partial charge < -0.3 is 25.5 Å². The summed E-state index contributed by atoms with van der Waals surface area (Å²) >= 11 is 0. The maximum absolute atomic E-state index is 12.3. The summed E-state index contributed by atoms with van der Waals surface area (Å²) < 4.78 is 7.08. The Balaban J connectivity index is 2.14. The van der Waals surface area contributed by atoms with Gasteiger partial charge >= 0.3 is 0 Å². The Hall–Kier alpha value is -1.53. The maximum Gasteiger partial charge on any atom is 0.268 e. The highest BCUT2D eigenvalue weighted by Gasteiger charge is 2.34. The smallest absolute Gasteiger partial charge is 0.268 e. The van der Waals surface area contributed by atoms with Gasteiger partial charge in [-0.15, -0.1) is 0 Å². The summed E-state index contributed by atoms with van der Waals surface area (Å²) in [6, 6.07) is 1.66. The lowest BCUT2D eigenvalue weighted by Crippen LogP contribution is -2.54. The zero-order chi connectivity index (χ0) is 13.9. The van der Waals surface area contributed by atoms with Gasteiger partial charge in [0.2, 0.25) is 0 Å². The van der Waals surface area contributed by atoms with Crippen molar-refractivity contribution < 1.29 is 14.6 Å². The number of hydrogen-bond acceptors (Lipinski definition) is 4. The van der Waals surface area contributed by atoms with Gasteiger partial charge in [-0.1, -0.05) is 0 Å². The summed E-state index contributed by atoms with van der Waals surface area (Å²) in [6.07, 6.45) is 2.99. The van der Waals surface area contributed by atoms with E-state index in [0.717, 1.165) is 0 Å². The topological polar surface area (TPSA) is 89.5 Å². The van der Waals surface area contributed by atoms with Crippen LogP contribution >= 0.6 is 0 Å². The normalized spacial score (nSPS) is 18.2. The van der Waals surface area contributed by atoms with Gasteiger partial charge in [0.25, 0.3) is 5.91 Å². The van der Waals surface area contributed by atoms with Crippen LogP contribution in [0, 0.1) is 0 Å². The lowest BCUT2D eigenvalue weighted by molar-refractivity contribution is 0.0123. The van der Waals surface area contributed by atoms with Crippen LogP contribution in [-0.2, 0) is 11.3 Å². The Labute approximate surface area is 112 Å². The number of amides is 1. The number of carbonyl (C=O) groups is 1. The molecule has 6 nitrogen and oxygen atoms in total. The number of carbonyl (C=O) groups excluding carboxylic acids is 1. The fourth-order valence-electron chi connectivity index (χ4n) is 2.37. The third-order valence-corrected chi connectivity index (χ3v) is 3.62. The highest BCUT2D eigenvalue weighted by atomic mass is 16.5. The molecule has 0 radical (unpaired) electrons. The van der Waals surface area contributed by atoms with Crippen molar-refractivity contribution in [3.8, 4) is 0 Å². The monoisotopic (exact) mass is 267 g/mol. The third-order valence-electron chi connectivity index (χ3n) is 3.62. The second kappa shape index (κ2) is 5.63. The molecule has 1 amide bonds. The number of aromatic nitrogens is 1. The van der Waals surface area contributed by atoms with Crippen LogP contribution in [0.3, 0.4) is 0 Å². The lowest BCUT2D eigenvalue weighted by atomic mass is 9.91. The third kappa shape index (κ3) is 2.90. The molecule has 2 rings (SSSR count). The van der Waals surface area contributed by atoms with Crippen LogP contribution in [0.1, 0.15) is 30.3 Å². The van der Waals surface area contributed by atoms with Gasteiger partial charge in [-0.05, 0) is 25.8 Å². The summed E-state index contributed by atoms with van der Waals surface area (Å²) in [6.45, 7) is 3.65. The average molecular weight is 267 g/mol. The zero-order valence-electron chi connectivity index (χ0n) is 11.2. The van der Waals surface area contributed by atoms with Gasteiger partial charge in [0.05, 0.1) is 17.8 Å². The number of nitrogens with one attached hydrogen (secondary N) is 1. The van der Waals surface area contributed by atoms with E-state index in [1.54, 1.807) is 16.8 Å². The van der Waals surface area contributed by atoms with E-state index >= 15 is 0 Å². The van der Waals surface area contributed by atoms with E-state index in [9.17, 15) is 9.90 Å². The van der Waals surface area contributed by atoms with Crippen LogP contribution in [-0.4, -0.2) is 40.9 Å². The first-order valence-corrected chi connectivity index (χ1v) is 6.57. The first kappa shape index (κ1) is 13.9. The van der Waals surface area contributed by atoms with Gasteiger partial charge in [-0.2, -0.15) is 0 Å². The maximum atomic E-state index is 12.3. The zero-order valence-corrected chi connectivity index (χ0v) is 11.2. The molecule has 1 aliphatic heterocycles. The number of nitrogen functional groups attached to an aromatic ring is 1. The van der Waals surface area contributed by atoms with Crippen LogP contribution in [0.5, 0.6) is 0 Å². The number of anilines is 1. The van der Waals surface area contributed by atoms with Crippen molar-refractivity contribution >= 4 is 11.6 Å². The molecule has 1 aliphatic rings. The van der Waals surface area contributed by atoms with Crippen LogP contribution in [0.2, 0.25) is 0 Å². The quantitative estimate of drug-likeness (QED) is 0.735. The predicted molar refractivity (Wildman–Crippen MR) is 71.9 cm³/mol. The summed E-state index contributed by atoms with van der Waals surface area (Å²) in [5, 5.41) is 12.5. The fraction of sp³-hybridized carbons (Fsp3) is 0.615. The fourth-order valence-corrected chi connectivity index (χ4v) is 2.37. The van der Waals surface area contributed by atoms with E-state index < -0.39 is 5.54 Å². The SMILES string of the molecule is CCn1cc(N)cc1C(=O)NC1(CO)CCOCC1. The van der Waals surface area contributed by atoms with Crippen molar-refractivity contribution in [2.45, 2.75) is 31.8 Å². The van der Waals surface area contributed by atoms with Crippen molar-refractivity contribution in [2.75, 3.05) is 25.6 Å². The summed E-state index contributed by atoms with van der Waals surface area (Å²) in [5.74, 6) is -0.200. The van der Waals surface area contributed by atoms with E-state index in [-0.39, 0.29) is 12.5 Å². The number of aliphatic hydroxyl groups is 1. The minimum absolute atomic E-state index is 0.0790. The van der Waals surface area contributed by atoms with Crippen molar-refractivity contribution in [3.05, 3.63) is 18.0 Å². The van der Waals surface area contributed by atoms with E-state index in [4.69, 9.17) is 10.5 Å². The lowest BCUT2D eigenvalue weighted by Gasteiger charge is -2.36. The first-order chi connectivity index (χ1) is 9.10. The van der Waals surface area contributed by atoms with Crippen LogP contribution in [0.15, 0.2) is 12.3 Å². The van der Waals surface area contributed by atoms with Crippen molar-refractivity contribution in [3.63, 3.8) is 0 Å². The van der Waals surface area contributed by atoms with Crippen molar-refractivity contribution in [1.29, 1.82) is 0 Å². The molecule has 2 heterocycles. The standard InChI is InChI=1S/C13H21N3O3/c1-2-16-8-10(14)7-11(16)12(18)15-13(9-17)3-5-19-6-4-13/h7-8,17H,2-6,9,14H2,1H3,(H,15,18). The molecule has 1 fully saturated rings. The van der Waals surface area contributed by atoms with Crippen LogP contribution < -0.4 is 11.1 Å². The Kier molecular flexibility index (Phi) is 4.11. The van der Waals surface area contributed by atoms with Crippen molar-refractivity contribution in [2.24, 2.45) is 0 Å². The number of nitrogens with zero attached hydrogens (tertiary/aromatic N) is 1. The molecule has 0 unspecified atom stereocenters. The largest absolute Gasteiger partial charge is 0.397 e. The van der Waals surface area contributed by atoms with Gasteiger partial charge in [-0.3, -0.25) is 4.79 Å². The molecular formula is C13H21N3O3. The second-order valence-electron chi connectivity index (χ2n) is 4.95.